The van der Waals surface area contributed by atoms with Crippen LogP contribution in [0.5, 0.6) is 0 Å². The second-order valence-corrected chi connectivity index (χ2v) is 4.10. The first-order chi connectivity index (χ1) is 8.21. The summed E-state index contributed by atoms with van der Waals surface area (Å²) in [7, 11) is 0. The lowest BCUT2D eigenvalue weighted by molar-refractivity contribution is -0.107. The number of carbonyl (C=O) groups excluding carboxylic acids is 1. The summed E-state index contributed by atoms with van der Waals surface area (Å²) in [6.07, 6.45) is 4.73. The van der Waals surface area contributed by atoms with Gasteiger partial charge < -0.3 is 4.79 Å². The Morgan fingerprint density at radius 1 is 1.24 bits per heavy atom. The highest BCUT2D eigenvalue weighted by Gasteiger charge is 2.13. The monoisotopic (exact) mass is 232 g/mol. The lowest BCUT2D eigenvalue weighted by atomic mass is 9.85. The Morgan fingerprint density at radius 2 is 1.76 bits per heavy atom. The van der Waals surface area contributed by atoms with Gasteiger partial charge in [0, 0.05) is 6.42 Å². The minimum atomic E-state index is 0.562. The Labute approximate surface area is 106 Å². The normalized spacial score (nSPS) is 12.9. The smallest absolute Gasteiger partial charge is 0.119 e. The molecule has 0 heterocycles. The summed E-state index contributed by atoms with van der Waals surface area (Å²) >= 11 is 0. The number of benzene rings is 1. The molecule has 1 nitrogen and oxygen atoms in total. The van der Waals surface area contributed by atoms with Crippen LogP contribution in [0.25, 0.3) is 0 Å². The van der Waals surface area contributed by atoms with Crippen molar-refractivity contribution in [2.45, 2.75) is 39.5 Å². The Balaban J connectivity index is 0.000000557. The Hall–Kier alpha value is -1.37. The summed E-state index contributed by atoms with van der Waals surface area (Å²) < 4.78 is 0. The highest BCUT2D eigenvalue weighted by molar-refractivity contribution is 5.48. The third kappa shape index (κ3) is 6.06. The van der Waals surface area contributed by atoms with Crippen LogP contribution in [-0.2, 0) is 4.79 Å². The van der Waals surface area contributed by atoms with Crippen molar-refractivity contribution >= 4 is 6.29 Å². The molecule has 0 aliphatic rings. The van der Waals surface area contributed by atoms with Crippen molar-refractivity contribution < 1.29 is 4.79 Å². The largest absolute Gasteiger partial charge is 0.303 e. The average Bonchev–Trinajstić information content (AvgIpc) is 2.41. The number of rotatable bonds is 5. The van der Waals surface area contributed by atoms with Crippen molar-refractivity contribution in [1.82, 2.24) is 0 Å². The predicted molar refractivity (Wildman–Crippen MR) is 75.2 cm³/mol. The summed E-state index contributed by atoms with van der Waals surface area (Å²) in [4.78, 5) is 9.17. The van der Waals surface area contributed by atoms with Gasteiger partial charge in [0.1, 0.15) is 6.29 Å². The molecular weight excluding hydrogens is 208 g/mol. The molecule has 1 aromatic rings. The van der Waals surface area contributed by atoms with Gasteiger partial charge >= 0.3 is 0 Å². The summed E-state index contributed by atoms with van der Waals surface area (Å²) in [6.45, 7) is 10.1. The topological polar surface area (TPSA) is 17.1 Å². The van der Waals surface area contributed by atoms with Gasteiger partial charge in [0.25, 0.3) is 0 Å². The molecule has 0 amide bonds. The van der Waals surface area contributed by atoms with E-state index in [1.165, 1.54) is 12.0 Å². The molecule has 0 aliphatic heterocycles. The SMILES string of the molecule is C=C[C@@H](C)C(CC)c1ccccc1.CCC=O. The van der Waals surface area contributed by atoms with Gasteiger partial charge in [0.05, 0.1) is 0 Å². The van der Waals surface area contributed by atoms with E-state index in [4.69, 9.17) is 0 Å². The van der Waals surface area contributed by atoms with Crippen LogP contribution in [0.15, 0.2) is 43.0 Å². The highest BCUT2D eigenvalue weighted by Crippen LogP contribution is 2.27. The van der Waals surface area contributed by atoms with E-state index in [1.54, 1.807) is 0 Å². The minimum Gasteiger partial charge on any atom is -0.303 e. The molecule has 2 atom stereocenters. The van der Waals surface area contributed by atoms with Crippen LogP contribution in [0.4, 0.5) is 0 Å². The molecule has 0 fully saturated rings. The lowest BCUT2D eigenvalue weighted by Crippen LogP contribution is -2.05. The highest BCUT2D eigenvalue weighted by atomic mass is 16.1. The lowest BCUT2D eigenvalue weighted by Gasteiger charge is -2.19. The number of hydrogen-bond donors (Lipinski definition) is 0. The summed E-state index contributed by atoms with van der Waals surface area (Å²) in [5, 5.41) is 0. The van der Waals surface area contributed by atoms with E-state index in [9.17, 15) is 4.79 Å². The van der Waals surface area contributed by atoms with Crippen molar-refractivity contribution in [3.8, 4) is 0 Å². The molecule has 17 heavy (non-hydrogen) atoms. The maximum absolute atomic E-state index is 9.17. The molecule has 0 saturated heterocycles. The molecule has 94 valence electrons. The molecule has 0 N–H and O–H groups in total. The van der Waals surface area contributed by atoms with Crippen LogP contribution in [0.3, 0.4) is 0 Å². The van der Waals surface area contributed by atoms with Gasteiger partial charge in [-0.3, -0.25) is 0 Å². The molecule has 0 aliphatic carbocycles. The Morgan fingerprint density at radius 3 is 2.12 bits per heavy atom. The molecular formula is C16H24O. The molecule has 0 saturated carbocycles. The van der Waals surface area contributed by atoms with Crippen LogP contribution in [-0.4, -0.2) is 6.29 Å². The number of aldehydes is 1. The van der Waals surface area contributed by atoms with Crippen LogP contribution >= 0.6 is 0 Å². The second kappa shape index (κ2) is 9.83. The maximum atomic E-state index is 9.17. The standard InChI is InChI=1S/C13H18.C3H6O/c1-4-11(3)13(5-2)12-9-7-6-8-10-12;1-2-3-4/h4,6-11,13H,1,5H2,2-3H3;3H,2H2,1H3/t11-,13?;/m1./s1. The van der Waals surface area contributed by atoms with Crippen LogP contribution in [0, 0.1) is 5.92 Å². The van der Waals surface area contributed by atoms with Crippen molar-refractivity contribution in [2.24, 2.45) is 5.92 Å². The van der Waals surface area contributed by atoms with Crippen LogP contribution in [0.1, 0.15) is 45.1 Å². The van der Waals surface area contributed by atoms with Gasteiger partial charge in [-0.05, 0) is 23.8 Å². The van der Waals surface area contributed by atoms with E-state index in [0.717, 1.165) is 6.29 Å². The van der Waals surface area contributed by atoms with E-state index in [1.807, 2.05) is 13.0 Å². The first-order valence-electron chi connectivity index (χ1n) is 6.32. The Bertz CT molecular complexity index is 303. The molecule has 1 aromatic carbocycles. The summed E-state index contributed by atoms with van der Waals surface area (Å²) in [6, 6.07) is 10.7. The van der Waals surface area contributed by atoms with Gasteiger partial charge in [0.15, 0.2) is 0 Å². The first kappa shape index (κ1) is 15.6. The zero-order valence-corrected chi connectivity index (χ0v) is 11.2. The molecule has 0 spiro atoms. The molecule has 1 rings (SSSR count). The molecule has 1 unspecified atom stereocenters. The minimum absolute atomic E-state index is 0.562. The molecule has 0 radical (unpaired) electrons. The van der Waals surface area contributed by atoms with E-state index in [0.29, 0.717) is 18.3 Å². The van der Waals surface area contributed by atoms with Gasteiger partial charge in [-0.25, -0.2) is 0 Å². The third-order valence-electron chi connectivity index (χ3n) is 2.84. The van der Waals surface area contributed by atoms with Gasteiger partial charge in [-0.2, -0.15) is 0 Å². The Kier molecular flexibility index (Phi) is 9.04. The summed E-state index contributed by atoms with van der Waals surface area (Å²) in [5.41, 5.74) is 1.43. The summed E-state index contributed by atoms with van der Waals surface area (Å²) in [5.74, 6) is 1.19. The number of hydrogen-bond acceptors (Lipinski definition) is 1. The second-order valence-electron chi connectivity index (χ2n) is 4.10. The van der Waals surface area contributed by atoms with Crippen molar-refractivity contribution in [2.75, 3.05) is 0 Å². The maximum Gasteiger partial charge on any atom is 0.119 e. The van der Waals surface area contributed by atoms with E-state index in [-0.39, 0.29) is 0 Å². The van der Waals surface area contributed by atoms with Crippen LogP contribution in [0.2, 0.25) is 0 Å². The average molecular weight is 232 g/mol. The van der Waals surface area contributed by atoms with Gasteiger partial charge in [-0.15, -0.1) is 6.58 Å². The zero-order chi connectivity index (χ0) is 13.1. The quantitative estimate of drug-likeness (QED) is 0.535. The first-order valence-corrected chi connectivity index (χ1v) is 6.32. The van der Waals surface area contributed by atoms with Crippen molar-refractivity contribution in [3.05, 3.63) is 48.6 Å². The van der Waals surface area contributed by atoms with E-state index < -0.39 is 0 Å². The van der Waals surface area contributed by atoms with Crippen molar-refractivity contribution in [3.63, 3.8) is 0 Å². The van der Waals surface area contributed by atoms with E-state index >= 15 is 0 Å². The number of allylic oxidation sites excluding steroid dienone is 1. The fraction of sp³-hybridized carbons (Fsp3) is 0.438. The van der Waals surface area contributed by atoms with Crippen LogP contribution < -0.4 is 0 Å². The fourth-order valence-corrected chi connectivity index (χ4v) is 1.78. The third-order valence-corrected chi connectivity index (χ3v) is 2.84. The zero-order valence-electron chi connectivity index (χ0n) is 11.2. The van der Waals surface area contributed by atoms with E-state index in [2.05, 4.69) is 50.8 Å². The molecule has 1 heteroatoms. The van der Waals surface area contributed by atoms with Gasteiger partial charge in [0.2, 0.25) is 0 Å². The molecule has 0 aromatic heterocycles. The fourth-order valence-electron chi connectivity index (χ4n) is 1.78. The van der Waals surface area contributed by atoms with Gasteiger partial charge in [-0.1, -0.05) is 57.2 Å². The van der Waals surface area contributed by atoms with Crippen molar-refractivity contribution in [1.29, 1.82) is 0 Å². The molecule has 0 bridgehead atoms. The number of carbonyl (C=O) groups is 1. The predicted octanol–water partition coefficient (Wildman–Crippen LogP) is 4.60.